The van der Waals surface area contributed by atoms with E-state index < -0.39 is 11.7 Å². The fourth-order valence-electron chi connectivity index (χ4n) is 11.4. The van der Waals surface area contributed by atoms with Crippen LogP contribution in [-0.4, -0.2) is 9.13 Å². The number of nitrogens with zero attached hydrogens (tertiary/aromatic N) is 4. The van der Waals surface area contributed by atoms with Crippen molar-refractivity contribution in [3.8, 4) is 68.0 Å². The van der Waals surface area contributed by atoms with Crippen molar-refractivity contribution in [1.82, 2.24) is 9.13 Å². The molecule has 9 aromatic carbocycles. The fourth-order valence-corrected chi connectivity index (χ4v) is 11.4. The van der Waals surface area contributed by atoms with Crippen LogP contribution in [-0.2, 0) is 6.18 Å². The summed E-state index contributed by atoms with van der Waals surface area (Å²) in [5.41, 5.74) is 18.0. The number of alkyl halides is 3. The molecule has 0 aliphatic heterocycles. The lowest BCUT2D eigenvalue weighted by atomic mass is 9.87. The maximum Gasteiger partial charge on any atom is 0.416 e. The van der Waals surface area contributed by atoms with Gasteiger partial charge in [0.1, 0.15) is 0 Å². The van der Waals surface area contributed by atoms with Crippen LogP contribution in [0.3, 0.4) is 0 Å². The van der Waals surface area contributed by atoms with Crippen molar-refractivity contribution in [3.63, 3.8) is 0 Å². The predicted octanol–water partition coefficient (Wildman–Crippen LogP) is 17.2. The van der Waals surface area contributed by atoms with Crippen LogP contribution in [0.25, 0.3) is 99.5 Å². The van der Waals surface area contributed by atoms with Gasteiger partial charge in [-0.05, 0) is 158 Å². The van der Waals surface area contributed by atoms with Crippen LogP contribution in [0.2, 0.25) is 0 Å². The third-order valence-electron chi connectivity index (χ3n) is 14.0. The number of fused-ring (bicyclic) bond motifs is 6. The van der Waals surface area contributed by atoms with E-state index in [1.165, 1.54) is 50.6 Å². The second-order valence-electron chi connectivity index (χ2n) is 18.6. The second-order valence-corrected chi connectivity index (χ2v) is 18.6. The van der Waals surface area contributed by atoms with Gasteiger partial charge >= 0.3 is 6.18 Å². The summed E-state index contributed by atoms with van der Waals surface area (Å²) < 4.78 is 47.3. The molecule has 11 aromatic rings. The van der Waals surface area contributed by atoms with Gasteiger partial charge in [-0.2, -0.15) is 23.7 Å². The van der Waals surface area contributed by atoms with Crippen LogP contribution in [0.15, 0.2) is 164 Å². The summed E-state index contributed by atoms with van der Waals surface area (Å²) in [7, 11) is 0. The smallest absolute Gasteiger partial charge is 0.309 e. The summed E-state index contributed by atoms with van der Waals surface area (Å²) >= 11 is 0. The Morgan fingerprint density at radius 2 is 0.843 bits per heavy atom. The van der Waals surface area contributed by atoms with Crippen LogP contribution in [0, 0.1) is 64.2 Å². The van der Waals surface area contributed by atoms with Crippen LogP contribution in [0.5, 0.6) is 0 Å². The van der Waals surface area contributed by atoms with Crippen molar-refractivity contribution in [2.24, 2.45) is 0 Å². The summed E-state index contributed by atoms with van der Waals surface area (Å²) in [5, 5.41) is 26.0. The molecular weight excluding hydrogens is 870 g/mol. The number of benzene rings is 9. The number of hydrogen-bond acceptors (Lipinski definition) is 2. The molecule has 4 nitrogen and oxygen atoms in total. The Kier molecular flexibility index (Phi) is 10.4. The van der Waals surface area contributed by atoms with E-state index in [9.17, 15) is 23.7 Å². The molecule has 2 heterocycles. The van der Waals surface area contributed by atoms with E-state index in [0.717, 1.165) is 66.9 Å². The number of hydrogen-bond donors (Lipinski definition) is 0. The van der Waals surface area contributed by atoms with E-state index in [0.29, 0.717) is 39.2 Å². The van der Waals surface area contributed by atoms with E-state index in [4.69, 9.17) is 0 Å². The Morgan fingerprint density at radius 1 is 0.386 bits per heavy atom. The molecule has 2 aromatic heterocycles. The van der Waals surface area contributed by atoms with Crippen LogP contribution in [0.4, 0.5) is 13.2 Å². The summed E-state index contributed by atoms with van der Waals surface area (Å²) in [4.78, 5) is 0. The minimum Gasteiger partial charge on any atom is -0.309 e. The van der Waals surface area contributed by atoms with Crippen molar-refractivity contribution < 1.29 is 13.2 Å². The highest BCUT2D eigenvalue weighted by molar-refractivity contribution is 6.14. The van der Waals surface area contributed by atoms with E-state index >= 15 is 0 Å². The quantitative estimate of drug-likeness (QED) is 0.167. The molecular formula is C63H45F3N4. The van der Waals surface area contributed by atoms with Crippen LogP contribution >= 0.6 is 0 Å². The SMILES string of the molecule is Cc1cc(C)c(-c2ccc3c(c2)c2ccccc2n3-c2cccc(C#N)c2-c2c(-c3ccc(C(F)(F)F)cc3C#N)cccc2-n2c3ccccc3c3cc(-c4c(C)cc(C)cc4C)ccc32)c(C)c1. The standard InChI is InChI=1S/C63H45F3N4/c1-36-27-38(3)59(39(4)28-36)42-21-25-55-51(32-42)48-14-7-9-17-53(48)69(55)57-19-11-13-44(34-67)61(57)62-50(47-24-23-46(63(64,65)66)31-45(47)35-68)16-12-20-58(62)70-54-18-10-8-15-49(54)52-33-43(22-26-56(52)70)60-40(5)29-37(2)30-41(60)6/h7-33H,1-6H3. The molecule has 0 N–H and O–H groups in total. The Hall–Kier alpha value is -8.65. The first-order chi connectivity index (χ1) is 33.7. The summed E-state index contributed by atoms with van der Waals surface area (Å²) in [6.07, 6.45) is -4.67. The van der Waals surface area contributed by atoms with Gasteiger partial charge in [-0.15, -0.1) is 0 Å². The first-order valence-corrected chi connectivity index (χ1v) is 23.3. The Labute approximate surface area is 404 Å². The van der Waals surface area contributed by atoms with Gasteiger partial charge in [0.25, 0.3) is 0 Å². The first kappa shape index (κ1) is 43.9. The topological polar surface area (TPSA) is 57.4 Å². The van der Waals surface area contributed by atoms with Gasteiger partial charge in [-0.1, -0.05) is 108 Å². The molecule has 0 saturated carbocycles. The molecule has 0 unspecified atom stereocenters. The minimum atomic E-state index is -4.67. The van der Waals surface area contributed by atoms with Gasteiger partial charge < -0.3 is 9.13 Å². The maximum absolute atomic E-state index is 14.3. The van der Waals surface area contributed by atoms with Crippen LogP contribution in [0.1, 0.15) is 50.1 Å². The van der Waals surface area contributed by atoms with Crippen molar-refractivity contribution in [2.45, 2.75) is 47.7 Å². The molecule has 0 aliphatic rings. The Morgan fingerprint density at radius 3 is 1.33 bits per heavy atom. The normalized spacial score (nSPS) is 11.8. The largest absolute Gasteiger partial charge is 0.416 e. The molecule has 11 rings (SSSR count). The zero-order chi connectivity index (χ0) is 48.7. The van der Waals surface area contributed by atoms with Gasteiger partial charge in [0.15, 0.2) is 0 Å². The highest BCUT2D eigenvalue weighted by Crippen LogP contribution is 2.48. The lowest BCUT2D eigenvalue weighted by Crippen LogP contribution is -2.07. The molecule has 0 atom stereocenters. The van der Waals surface area contributed by atoms with Crippen molar-refractivity contribution in [2.75, 3.05) is 0 Å². The minimum absolute atomic E-state index is 0.133. The summed E-state index contributed by atoms with van der Waals surface area (Å²) in [6.45, 7) is 12.8. The fraction of sp³-hybridized carbons (Fsp3) is 0.111. The van der Waals surface area contributed by atoms with Crippen molar-refractivity contribution >= 4 is 43.6 Å². The molecule has 70 heavy (non-hydrogen) atoms. The third-order valence-corrected chi connectivity index (χ3v) is 14.0. The zero-order valence-corrected chi connectivity index (χ0v) is 39.5. The maximum atomic E-state index is 14.3. The lowest BCUT2D eigenvalue weighted by Gasteiger charge is -2.23. The van der Waals surface area contributed by atoms with Gasteiger partial charge in [-0.25, -0.2) is 0 Å². The third kappa shape index (κ3) is 6.96. The van der Waals surface area contributed by atoms with E-state index in [1.807, 2.05) is 54.6 Å². The average molecular weight is 915 g/mol. The summed E-state index contributed by atoms with van der Waals surface area (Å²) in [6, 6.07) is 57.7. The van der Waals surface area contributed by atoms with E-state index in [-0.39, 0.29) is 5.56 Å². The average Bonchev–Trinajstić information content (AvgIpc) is 3.84. The monoisotopic (exact) mass is 914 g/mol. The molecule has 0 radical (unpaired) electrons. The predicted molar refractivity (Wildman–Crippen MR) is 280 cm³/mol. The molecule has 0 fully saturated rings. The first-order valence-electron chi connectivity index (χ1n) is 23.3. The van der Waals surface area contributed by atoms with Gasteiger partial charge in [0, 0.05) is 38.2 Å². The van der Waals surface area contributed by atoms with Gasteiger partial charge in [0.2, 0.25) is 0 Å². The van der Waals surface area contributed by atoms with Crippen molar-refractivity contribution in [1.29, 1.82) is 10.5 Å². The lowest BCUT2D eigenvalue weighted by molar-refractivity contribution is -0.137. The Bertz CT molecular complexity index is 4050. The highest BCUT2D eigenvalue weighted by atomic mass is 19.4. The number of para-hydroxylation sites is 2. The number of aryl methyl sites for hydroxylation is 6. The molecule has 0 aliphatic carbocycles. The number of rotatable bonds is 6. The molecule has 338 valence electrons. The van der Waals surface area contributed by atoms with E-state index in [2.05, 4.69) is 148 Å². The second kappa shape index (κ2) is 16.5. The zero-order valence-electron chi connectivity index (χ0n) is 39.5. The molecule has 0 amide bonds. The highest BCUT2D eigenvalue weighted by Gasteiger charge is 2.32. The van der Waals surface area contributed by atoms with Gasteiger partial charge in [-0.3, -0.25) is 0 Å². The van der Waals surface area contributed by atoms with Gasteiger partial charge in [0.05, 0.1) is 62.3 Å². The molecule has 0 bridgehead atoms. The summed E-state index contributed by atoms with van der Waals surface area (Å²) in [5.74, 6) is 0. The van der Waals surface area contributed by atoms with Crippen LogP contribution < -0.4 is 0 Å². The Balaban J connectivity index is 1.26. The number of nitriles is 2. The number of aromatic nitrogens is 2. The van der Waals surface area contributed by atoms with Crippen molar-refractivity contribution in [3.05, 3.63) is 214 Å². The molecule has 7 heteroatoms. The molecule has 0 saturated heterocycles. The number of halogens is 3. The van der Waals surface area contributed by atoms with E-state index in [1.54, 1.807) is 6.07 Å². The molecule has 0 spiro atoms.